The number of benzene rings is 2. The molecule has 3 aromatic rings. The van der Waals surface area contributed by atoms with Crippen molar-refractivity contribution in [3.8, 4) is 0 Å². The minimum Gasteiger partial charge on any atom is -0.368 e. The molecule has 1 fully saturated rings. The molecule has 4 rings (SSSR count). The van der Waals surface area contributed by atoms with Crippen LogP contribution >= 0.6 is 11.6 Å². The van der Waals surface area contributed by atoms with Gasteiger partial charge in [0.2, 0.25) is 0 Å². The van der Waals surface area contributed by atoms with Crippen molar-refractivity contribution in [2.24, 2.45) is 0 Å². The Morgan fingerprint density at radius 1 is 1.08 bits per heavy atom. The highest BCUT2D eigenvalue weighted by molar-refractivity contribution is 6.30. The van der Waals surface area contributed by atoms with Gasteiger partial charge in [-0.3, -0.25) is 4.79 Å². The third kappa shape index (κ3) is 2.98. The van der Waals surface area contributed by atoms with Gasteiger partial charge < -0.3 is 14.8 Å². The summed E-state index contributed by atoms with van der Waals surface area (Å²) in [4.78, 5) is 20.3. The largest absolute Gasteiger partial charge is 0.368 e. The Morgan fingerprint density at radius 2 is 1.84 bits per heavy atom. The summed E-state index contributed by atoms with van der Waals surface area (Å²) in [5.41, 5.74) is 4.12. The van der Waals surface area contributed by atoms with E-state index >= 15 is 0 Å². The lowest BCUT2D eigenvalue weighted by Crippen LogP contribution is -2.49. The molecule has 0 aliphatic carbocycles. The number of fused-ring (bicyclic) bond motifs is 1. The standard InChI is InChI=1S/C20H20ClN3O/c1-14-6-7-15(21)12-19(14)23-8-10-24(11-9-23)20(25)17-13-22-18-5-3-2-4-16(17)18/h2-7,12-13,22H,8-11H2,1H3. The lowest BCUT2D eigenvalue weighted by atomic mass is 10.1. The number of rotatable bonds is 2. The van der Waals surface area contributed by atoms with Gasteiger partial charge in [-0.1, -0.05) is 35.9 Å². The van der Waals surface area contributed by atoms with Crippen LogP contribution in [0.4, 0.5) is 5.69 Å². The van der Waals surface area contributed by atoms with Crippen molar-refractivity contribution in [1.82, 2.24) is 9.88 Å². The van der Waals surface area contributed by atoms with Gasteiger partial charge in [-0.05, 0) is 30.7 Å². The molecule has 0 atom stereocenters. The van der Waals surface area contributed by atoms with Crippen LogP contribution in [-0.4, -0.2) is 42.0 Å². The summed E-state index contributed by atoms with van der Waals surface area (Å²) in [6, 6.07) is 13.9. The molecule has 0 spiro atoms. The molecule has 1 amide bonds. The summed E-state index contributed by atoms with van der Waals surface area (Å²) in [6.45, 7) is 5.15. The fourth-order valence-electron chi connectivity index (χ4n) is 3.49. The number of carbonyl (C=O) groups is 1. The summed E-state index contributed by atoms with van der Waals surface area (Å²) in [5, 5.41) is 1.73. The molecule has 25 heavy (non-hydrogen) atoms. The van der Waals surface area contributed by atoms with E-state index in [9.17, 15) is 4.79 Å². The molecule has 0 bridgehead atoms. The Hall–Kier alpha value is -2.46. The highest BCUT2D eigenvalue weighted by atomic mass is 35.5. The molecule has 0 unspecified atom stereocenters. The fraction of sp³-hybridized carbons (Fsp3) is 0.250. The maximum Gasteiger partial charge on any atom is 0.256 e. The Morgan fingerprint density at radius 3 is 2.64 bits per heavy atom. The molecular weight excluding hydrogens is 334 g/mol. The molecule has 0 radical (unpaired) electrons. The number of aromatic nitrogens is 1. The number of anilines is 1. The molecule has 1 aliphatic heterocycles. The predicted molar refractivity (Wildman–Crippen MR) is 103 cm³/mol. The first kappa shape index (κ1) is 16.0. The van der Waals surface area contributed by atoms with Gasteiger partial charge >= 0.3 is 0 Å². The van der Waals surface area contributed by atoms with Gasteiger partial charge in [-0.2, -0.15) is 0 Å². The minimum atomic E-state index is 0.0971. The molecule has 128 valence electrons. The Kier molecular flexibility index (Phi) is 4.14. The third-order valence-electron chi connectivity index (χ3n) is 4.90. The maximum absolute atomic E-state index is 12.9. The van der Waals surface area contributed by atoms with Crippen LogP contribution in [0.2, 0.25) is 5.02 Å². The molecule has 5 heteroatoms. The summed E-state index contributed by atoms with van der Waals surface area (Å²) in [7, 11) is 0. The number of amides is 1. The lowest BCUT2D eigenvalue weighted by molar-refractivity contribution is 0.0749. The lowest BCUT2D eigenvalue weighted by Gasteiger charge is -2.36. The topological polar surface area (TPSA) is 39.3 Å². The number of halogens is 1. The number of hydrogen-bond acceptors (Lipinski definition) is 2. The number of carbonyl (C=O) groups excluding carboxylic acids is 1. The van der Waals surface area contributed by atoms with E-state index in [1.54, 1.807) is 0 Å². The molecule has 2 aromatic carbocycles. The van der Waals surface area contributed by atoms with Crippen molar-refractivity contribution in [3.63, 3.8) is 0 Å². The van der Waals surface area contributed by atoms with Gasteiger partial charge in [0.15, 0.2) is 0 Å². The highest BCUT2D eigenvalue weighted by Gasteiger charge is 2.24. The number of nitrogens with one attached hydrogen (secondary N) is 1. The van der Waals surface area contributed by atoms with Crippen LogP contribution < -0.4 is 4.90 Å². The molecule has 1 aliphatic rings. The first-order valence-electron chi connectivity index (χ1n) is 8.50. The van der Waals surface area contributed by atoms with E-state index in [1.807, 2.05) is 53.6 Å². The van der Waals surface area contributed by atoms with Gasteiger partial charge in [0, 0.05) is 54.0 Å². The summed E-state index contributed by atoms with van der Waals surface area (Å²) in [5.74, 6) is 0.0971. The summed E-state index contributed by atoms with van der Waals surface area (Å²) < 4.78 is 0. The van der Waals surface area contributed by atoms with E-state index in [0.29, 0.717) is 13.1 Å². The maximum atomic E-state index is 12.9. The number of nitrogens with zero attached hydrogens (tertiary/aromatic N) is 2. The molecule has 0 saturated carbocycles. The average Bonchev–Trinajstić information content (AvgIpc) is 3.07. The van der Waals surface area contributed by atoms with Crippen LogP contribution in [0.25, 0.3) is 10.9 Å². The van der Waals surface area contributed by atoms with Crippen LogP contribution in [0, 0.1) is 6.92 Å². The van der Waals surface area contributed by atoms with Crippen molar-refractivity contribution in [2.75, 3.05) is 31.1 Å². The average molecular weight is 354 g/mol. The zero-order valence-electron chi connectivity index (χ0n) is 14.1. The molecule has 2 heterocycles. The zero-order valence-corrected chi connectivity index (χ0v) is 14.9. The van der Waals surface area contributed by atoms with E-state index in [4.69, 9.17) is 11.6 Å². The molecule has 1 aromatic heterocycles. The Balaban J connectivity index is 1.50. The first-order chi connectivity index (χ1) is 12.1. The second-order valence-corrected chi connectivity index (χ2v) is 6.89. The van der Waals surface area contributed by atoms with Gasteiger partial charge in [-0.25, -0.2) is 0 Å². The van der Waals surface area contributed by atoms with Crippen molar-refractivity contribution >= 4 is 34.1 Å². The predicted octanol–water partition coefficient (Wildman–Crippen LogP) is 4.09. The Labute approximate surface area is 152 Å². The number of hydrogen-bond donors (Lipinski definition) is 1. The van der Waals surface area contributed by atoms with E-state index in [-0.39, 0.29) is 5.91 Å². The van der Waals surface area contributed by atoms with Crippen LogP contribution in [0.1, 0.15) is 15.9 Å². The van der Waals surface area contributed by atoms with Crippen molar-refractivity contribution in [3.05, 3.63) is 64.8 Å². The molecule has 1 saturated heterocycles. The minimum absolute atomic E-state index is 0.0971. The van der Waals surface area contributed by atoms with Crippen LogP contribution in [0.5, 0.6) is 0 Å². The van der Waals surface area contributed by atoms with Gasteiger partial charge in [0.05, 0.1) is 5.56 Å². The highest BCUT2D eigenvalue weighted by Crippen LogP contribution is 2.26. The number of piperazine rings is 1. The fourth-order valence-corrected chi connectivity index (χ4v) is 3.66. The number of H-pyrrole nitrogens is 1. The molecular formula is C20H20ClN3O. The number of para-hydroxylation sites is 1. The van der Waals surface area contributed by atoms with Crippen molar-refractivity contribution in [2.45, 2.75) is 6.92 Å². The monoisotopic (exact) mass is 353 g/mol. The van der Waals surface area contributed by atoms with Crippen LogP contribution in [0.15, 0.2) is 48.7 Å². The van der Waals surface area contributed by atoms with E-state index in [1.165, 1.54) is 5.56 Å². The van der Waals surface area contributed by atoms with Gasteiger partial charge in [0.1, 0.15) is 0 Å². The zero-order chi connectivity index (χ0) is 17.4. The summed E-state index contributed by atoms with van der Waals surface area (Å²) in [6.07, 6.45) is 1.82. The second kappa shape index (κ2) is 6.45. The SMILES string of the molecule is Cc1ccc(Cl)cc1N1CCN(C(=O)c2c[nH]c3ccccc23)CC1. The smallest absolute Gasteiger partial charge is 0.256 e. The van der Waals surface area contributed by atoms with E-state index in [0.717, 1.165) is 40.3 Å². The van der Waals surface area contributed by atoms with Crippen molar-refractivity contribution in [1.29, 1.82) is 0 Å². The van der Waals surface area contributed by atoms with E-state index in [2.05, 4.69) is 16.8 Å². The number of aryl methyl sites for hydroxylation is 1. The normalized spacial score (nSPS) is 15.0. The van der Waals surface area contributed by atoms with Crippen LogP contribution in [-0.2, 0) is 0 Å². The quantitative estimate of drug-likeness (QED) is 0.753. The van der Waals surface area contributed by atoms with E-state index < -0.39 is 0 Å². The van der Waals surface area contributed by atoms with Crippen LogP contribution in [0.3, 0.4) is 0 Å². The molecule has 1 N–H and O–H groups in total. The van der Waals surface area contributed by atoms with Gasteiger partial charge in [-0.15, -0.1) is 0 Å². The number of aromatic amines is 1. The van der Waals surface area contributed by atoms with Crippen molar-refractivity contribution < 1.29 is 4.79 Å². The first-order valence-corrected chi connectivity index (χ1v) is 8.88. The Bertz CT molecular complexity index is 926. The second-order valence-electron chi connectivity index (χ2n) is 6.46. The van der Waals surface area contributed by atoms with Gasteiger partial charge in [0.25, 0.3) is 5.91 Å². The molecule has 4 nitrogen and oxygen atoms in total. The third-order valence-corrected chi connectivity index (χ3v) is 5.13. The summed E-state index contributed by atoms with van der Waals surface area (Å²) >= 11 is 6.14.